The summed E-state index contributed by atoms with van der Waals surface area (Å²) in [6, 6.07) is 10.8. The molecule has 2 rings (SSSR count). The lowest BCUT2D eigenvalue weighted by molar-refractivity contribution is 0.413. The third kappa shape index (κ3) is 2.34. The van der Waals surface area contributed by atoms with Crippen LogP contribution in [-0.2, 0) is 9.84 Å². The van der Waals surface area contributed by atoms with Crippen molar-refractivity contribution in [2.24, 2.45) is 0 Å². The van der Waals surface area contributed by atoms with Crippen LogP contribution in [0.15, 0.2) is 52.3 Å². The number of rotatable bonds is 3. The number of ether oxygens (including phenoxy) is 1. The molecule has 6 heteroatoms. The van der Waals surface area contributed by atoms with Gasteiger partial charge in [0, 0.05) is 0 Å². The Kier molecular flexibility index (Phi) is 3.35. The second kappa shape index (κ2) is 4.81. The smallest absolute Gasteiger partial charge is 0.210 e. The number of hydrogen-bond acceptors (Lipinski definition) is 5. The van der Waals surface area contributed by atoms with Crippen LogP contribution in [0.5, 0.6) is 5.75 Å². The van der Waals surface area contributed by atoms with E-state index >= 15 is 0 Å². The molecule has 0 atom stereocenters. The van der Waals surface area contributed by atoms with Crippen molar-refractivity contribution in [3.63, 3.8) is 0 Å². The summed E-state index contributed by atoms with van der Waals surface area (Å²) in [7, 11) is -2.29. The van der Waals surface area contributed by atoms with Crippen molar-refractivity contribution in [2.75, 3.05) is 18.6 Å². The van der Waals surface area contributed by atoms with Gasteiger partial charge >= 0.3 is 0 Å². The largest absolute Gasteiger partial charge is 0.497 e. The first-order chi connectivity index (χ1) is 8.96. The van der Waals surface area contributed by atoms with E-state index in [1.54, 1.807) is 18.2 Å². The second-order valence-corrected chi connectivity index (χ2v) is 5.83. The van der Waals surface area contributed by atoms with Gasteiger partial charge in [-0.05, 0) is 30.3 Å². The van der Waals surface area contributed by atoms with E-state index in [-0.39, 0.29) is 21.2 Å². The number of anilines is 2. The molecule has 0 radical (unpaired) electrons. The van der Waals surface area contributed by atoms with Crippen molar-refractivity contribution in [1.29, 1.82) is 0 Å². The summed E-state index contributed by atoms with van der Waals surface area (Å²) >= 11 is 0. The SMILES string of the molecule is COc1cccc(S(=O)(=O)c2c(N)cccc2N)c1. The van der Waals surface area contributed by atoms with E-state index in [9.17, 15) is 8.42 Å². The Labute approximate surface area is 111 Å². The highest BCUT2D eigenvalue weighted by Gasteiger charge is 2.23. The van der Waals surface area contributed by atoms with Crippen molar-refractivity contribution in [1.82, 2.24) is 0 Å². The molecule has 100 valence electrons. The Balaban J connectivity index is 2.66. The summed E-state index contributed by atoms with van der Waals surface area (Å²) in [5.74, 6) is 0.453. The van der Waals surface area contributed by atoms with Crippen molar-refractivity contribution < 1.29 is 13.2 Å². The highest BCUT2D eigenvalue weighted by Crippen LogP contribution is 2.31. The normalized spacial score (nSPS) is 11.2. The lowest BCUT2D eigenvalue weighted by Crippen LogP contribution is -2.09. The predicted molar refractivity (Wildman–Crippen MR) is 73.7 cm³/mol. The number of methoxy groups -OCH3 is 1. The highest BCUT2D eigenvalue weighted by atomic mass is 32.2. The van der Waals surface area contributed by atoms with Gasteiger partial charge in [0.1, 0.15) is 10.6 Å². The second-order valence-electron chi connectivity index (χ2n) is 3.95. The molecule has 4 N–H and O–H groups in total. The van der Waals surface area contributed by atoms with E-state index in [1.807, 2.05) is 0 Å². The first-order valence-corrected chi connectivity index (χ1v) is 6.98. The van der Waals surface area contributed by atoms with Gasteiger partial charge in [0.05, 0.1) is 23.4 Å². The highest BCUT2D eigenvalue weighted by molar-refractivity contribution is 7.91. The molecule has 0 aliphatic rings. The lowest BCUT2D eigenvalue weighted by atomic mass is 10.3. The van der Waals surface area contributed by atoms with Crippen LogP contribution in [0, 0.1) is 0 Å². The van der Waals surface area contributed by atoms with Crippen LogP contribution in [0.4, 0.5) is 11.4 Å². The Hall–Kier alpha value is -2.21. The average Bonchev–Trinajstić information content (AvgIpc) is 2.38. The van der Waals surface area contributed by atoms with Crippen LogP contribution in [0.1, 0.15) is 0 Å². The third-order valence-corrected chi connectivity index (χ3v) is 4.58. The summed E-state index contributed by atoms with van der Waals surface area (Å²) in [5.41, 5.74) is 11.7. The van der Waals surface area contributed by atoms with E-state index in [4.69, 9.17) is 16.2 Å². The zero-order chi connectivity index (χ0) is 14.0. The summed E-state index contributed by atoms with van der Waals surface area (Å²) in [4.78, 5) is 0.0275. The molecule has 5 nitrogen and oxygen atoms in total. The van der Waals surface area contributed by atoms with Gasteiger partial charge in [0.2, 0.25) is 9.84 Å². The minimum atomic E-state index is -3.76. The van der Waals surface area contributed by atoms with Crippen LogP contribution in [0.25, 0.3) is 0 Å². The van der Waals surface area contributed by atoms with Gasteiger partial charge in [0.25, 0.3) is 0 Å². The topological polar surface area (TPSA) is 95.4 Å². The zero-order valence-electron chi connectivity index (χ0n) is 10.3. The molecule has 0 aliphatic carbocycles. The van der Waals surface area contributed by atoms with Gasteiger partial charge in [-0.25, -0.2) is 8.42 Å². The van der Waals surface area contributed by atoms with Gasteiger partial charge in [0.15, 0.2) is 0 Å². The Morgan fingerprint density at radius 3 is 2.16 bits per heavy atom. The maximum Gasteiger partial charge on any atom is 0.210 e. The Morgan fingerprint density at radius 1 is 1.00 bits per heavy atom. The first-order valence-electron chi connectivity index (χ1n) is 5.50. The quantitative estimate of drug-likeness (QED) is 0.833. The monoisotopic (exact) mass is 278 g/mol. The average molecular weight is 278 g/mol. The molecule has 0 aliphatic heterocycles. The molecule has 19 heavy (non-hydrogen) atoms. The Bertz CT molecular complexity index is 691. The Morgan fingerprint density at radius 2 is 1.58 bits per heavy atom. The number of nitrogen functional groups attached to an aromatic ring is 2. The summed E-state index contributed by atoms with van der Waals surface area (Å²) in [5, 5.41) is 0. The fraction of sp³-hybridized carbons (Fsp3) is 0.0769. The molecule has 2 aromatic carbocycles. The number of benzene rings is 2. The third-order valence-electron chi connectivity index (χ3n) is 2.70. The van der Waals surface area contributed by atoms with Gasteiger partial charge in [-0.2, -0.15) is 0 Å². The molecule has 0 bridgehead atoms. The fourth-order valence-electron chi connectivity index (χ4n) is 1.77. The number of hydrogen-bond donors (Lipinski definition) is 2. The van der Waals surface area contributed by atoms with Crippen LogP contribution in [0.2, 0.25) is 0 Å². The van der Waals surface area contributed by atoms with Crippen LogP contribution in [0.3, 0.4) is 0 Å². The lowest BCUT2D eigenvalue weighted by Gasteiger charge is -2.11. The van der Waals surface area contributed by atoms with E-state index in [0.29, 0.717) is 5.75 Å². The maximum atomic E-state index is 12.5. The van der Waals surface area contributed by atoms with Gasteiger partial charge < -0.3 is 16.2 Å². The molecule has 0 spiro atoms. The van der Waals surface area contributed by atoms with E-state index < -0.39 is 9.84 Å². The molecule has 0 saturated carbocycles. The molecule has 0 heterocycles. The van der Waals surface area contributed by atoms with Crippen molar-refractivity contribution in [3.05, 3.63) is 42.5 Å². The maximum absolute atomic E-state index is 12.5. The molecule has 0 unspecified atom stereocenters. The minimum absolute atomic E-state index is 0.0664. The van der Waals surface area contributed by atoms with Crippen LogP contribution >= 0.6 is 0 Å². The fourth-order valence-corrected chi connectivity index (χ4v) is 3.29. The van der Waals surface area contributed by atoms with Crippen LogP contribution in [-0.4, -0.2) is 15.5 Å². The van der Waals surface area contributed by atoms with Crippen molar-refractivity contribution >= 4 is 21.2 Å². The van der Waals surface area contributed by atoms with Gasteiger partial charge in [-0.1, -0.05) is 12.1 Å². The van der Waals surface area contributed by atoms with Crippen molar-refractivity contribution in [3.8, 4) is 5.75 Å². The van der Waals surface area contributed by atoms with E-state index in [2.05, 4.69) is 0 Å². The van der Waals surface area contributed by atoms with Crippen molar-refractivity contribution in [2.45, 2.75) is 9.79 Å². The standard InChI is InChI=1S/C13H14N2O3S/c1-18-9-4-2-5-10(8-9)19(16,17)13-11(14)6-3-7-12(13)15/h2-8H,14-15H2,1H3. The van der Waals surface area contributed by atoms with Crippen LogP contribution < -0.4 is 16.2 Å². The molecule has 0 amide bonds. The molecular formula is C13H14N2O3S. The minimum Gasteiger partial charge on any atom is -0.497 e. The zero-order valence-corrected chi connectivity index (χ0v) is 11.1. The summed E-state index contributed by atoms with van der Waals surface area (Å²) in [6.07, 6.45) is 0. The van der Waals surface area contributed by atoms with Gasteiger partial charge in [-0.15, -0.1) is 0 Å². The predicted octanol–water partition coefficient (Wildman–Crippen LogP) is 1.69. The van der Waals surface area contributed by atoms with Gasteiger partial charge in [-0.3, -0.25) is 0 Å². The van der Waals surface area contributed by atoms with E-state index in [0.717, 1.165) is 0 Å². The molecular weight excluding hydrogens is 264 g/mol. The number of sulfone groups is 1. The molecule has 0 fully saturated rings. The molecule has 2 aromatic rings. The summed E-state index contributed by atoms with van der Waals surface area (Å²) in [6.45, 7) is 0. The molecule has 0 aromatic heterocycles. The number of nitrogens with two attached hydrogens (primary N) is 2. The van der Waals surface area contributed by atoms with E-state index in [1.165, 1.54) is 31.4 Å². The summed E-state index contributed by atoms with van der Waals surface area (Å²) < 4.78 is 30.1. The first kappa shape index (κ1) is 13.2. The molecule has 0 saturated heterocycles.